The number of carbonyl (C=O) groups excluding carboxylic acids is 2. The molecule has 0 spiro atoms. The minimum Gasteiger partial charge on any atom is -0.360 e. The van der Waals surface area contributed by atoms with E-state index in [1.165, 1.54) is 13.8 Å². The van der Waals surface area contributed by atoms with Crippen molar-refractivity contribution in [3.05, 3.63) is 89.3 Å². The molecule has 1 unspecified atom stereocenters. The molecular weight excluding hydrogens is 490 g/mol. The number of carbonyl (C=O) groups is 2. The molecule has 0 aliphatic carbocycles. The van der Waals surface area contributed by atoms with Crippen molar-refractivity contribution in [2.45, 2.75) is 50.8 Å². The number of para-hydroxylation sites is 1. The molecule has 192 valence electrons. The minimum absolute atomic E-state index is 0.00269. The van der Waals surface area contributed by atoms with Crippen LogP contribution in [0.3, 0.4) is 0 Å². The summed E-state index contributed by atoms with van der Waals surface area (Å²) in [5, 5.41) is 8.78. The van der Waals surface area contributed by atoms with E-state index in [4.69, 9.17) is 4.52 Å². The summed E-state index contributed by atoms with van der Waals surface area (Å²) in [6.07, 6.45) is 0.879. The second-order valence-electron chi connectivity index (χ2n) is 8.97. The molecule has 2 amide bonds. The number of anilines is 1. The van der Waals surface area contributed by atoms with E-state index in [-0.39, 0.29) is 34.6 Å². The Morgan fingerprint density at radius 2 is 1.68 bits per heavy atom. The summed E-state index contributed by atoms with van der Waals surface area (Å²) in [4.78, 5) is 25.4. The summed E-state index contributed by atoms with van der Waals surface area (Å²) in [7, 11) is -4.06. The van der Waals surface area contributed by atoms with Crippen molar-refractivity contribution in [2.24, 2.45) is 0 Å². The lowest BCUT2D eigenvalue weighted by Gasteiger charge is -2.17. The van der Waals surface area contributed by atoms with Crippen LogP contribution in [-0.2, 0) is 26.0 Å². The standard InChI is InChI=1S/C28H29N3O5S/c1-18(23-15-8-12-21-10-4-6-14-24(21)23)28(33)29-25-16-7-5-11-22(25)13-9-17-26(32)31-37(34,35)27-19(2)30-36-20(27)3/h4-8,10-12,14-16,18H,9,13,17H2,1-3H3,(H,29,33)(H,31,32). The van der Waals surface area contributed by atoms with Gasteiger partial charge in [-0.2, -0.15) is 0 Å². The predicted molar refractivity (Wildman–Crippen MR) is 142 cm³/mol. The first-order valence-electron chi connectivity index (χ1n) is 12.0. The molecule has 8 nitrogen and oxygen atoms in total. The highest BCUT2D eigenvalue weighted by atomic mass is 32.2. The van der Waals surface area contributed by atoms with Gasteiger partial charge in [0.25, 0.3) is 10.0 Å². The second-order valence-corrected chi connectivity index (χ2v) is 10.6. The summed E-state index contributed by atoms with van der Waals surface area (Å²) in [5.74, 6) is -1.00. The molecule has 0 bridgehead atoms. The zero-order chi connectivity index (χ0) is 26.6. The largest absolute Gasteiger partial charge is 0.360 e. The van der Waals surface area contributed by atoms with E-state index in [2.05, 4.69) is 15.2 Å². The summed E-state index contributed by atoms with van der Waals surface area (Å²) in [6.45, 7) is 4.86. The summed E-state index contributed by atoms with van der Waals surface area (Å²) >= 11 is 0. The van der Waals surface area contributed by atoms with Crippen LogP contribution in [0.25, 0.3) is 10.8 Å². The van der Waals surface area contributed by atoms with E-state index in [0.717, 1.165) is 21.9 Å². The number of hydrogen-bond donors (Lipinski definition) is 2. The molecule has 3 aromatic carbocycles. The van der Waals surface area contributed by atoms with Crippen molar-refractivity contribution in [1.29, 1.82) is 0 Å². The Morgan fingerprint density at radius 3 is 2.43 bits per heavy atom. The molecule has 0 saturated heterocycles. The van der Waals surface area contributed by atoms with Crippen LogP contribution in [0, 0.1) is 13.8 Å². The quantitative estimate of drug-likeness (QED) is 0.321. The summed E-state index contributed by atoms with van der Waals surface area (Å²) < 4.78 is 32.1. The number of benzene rings is 3. The fraction of sp³-hybridized carbons (Fsp3) is 0.250. The van der Waals surface area contributed by atoms with Gasteiger partial charge in [0.05, 0.1) is 5.92 Å². The van der Waals surface area contributed by atoms with Crippen molar-refractivity contribution in [1.82, 2.24) is 9.88 Å². The zero-order valence-electron chi connectivity index (χ0n) is 20.9. The van der Waals surface area contributed by atoms with Gasteiger partial charge >= 0.3 is 0 Å². The number of rotatable bonds is 9. The number of aryl methyl sites for hydroxylation is 3. The number of aromatic nitrogens is 1. The van der Waals surface area contributed by atoms with Crippen molar-refractivity contribution < 1.29 is 22.5 Å². The molecule has 0 aliphatic heterocycles. The average molecular weight is 520 g/mol. The van der Waals surface area contributed by atoms with Gasteiger partial charge in [-0.15, -0.1) is 0 Å². The van der Waals surface area contributed by atoms with Crippen molar-refractivity contribution in [3.63, 3.8) is 0 Å². The topological polar surface area (TPSA) is 118 Å². The summed E-state index contributed by atoms with van der Waals surface area (Å²) in [5.41, 5.74) is 2.68. The number of sulfonamides is 1. The Labute approximate surface area is 216 Å². The van der Waals surface area contributed by atoms with Gasteiger partial charge in [0.2, 0.25) is 11.8 Å². The van der Waals surface area contributed by atoms with Gasteiger partial charge in [0.15, 0.2) is 10.7 Å². The van der Waals surface area contributed by atoms with E-state index >= 15 is 0 Å². The highest BCUT2D eigenvalue weighted by molar-refractivity contribution is 7.90. The molecule has 9 heteroatoms. The molecule has 0 fully saturated rings. The molecule has 0 aliphatic rings. The SMILES string of the molecule is Cc1noc(C)c1S(=O)(=O)NC(=O)CCCc1ccccc1NC(=O)C(C)c1cccc2ccccc12. The highest BCUT2D eigenvalue weighted by Gasteiger charge is 2.26. The van der Waals surface area contributed by atoms with Crippen LogP contribution in [0.4, 0.5) is 5.69 Å². The zero-order valence-corrected chi connectivity index (χ0v) is 21.8. The molecule has 4 rings (SSSR count). The first-order chi connectivity index (χ1) is 17.7. The molecule has 4 aromatic rings. The third-order valence-electron chi connectivity index (χ3n) is 6.29. The number of fused-ring (bicyclic) bond motifs is 1. The van der Waals surface area contributed by atoms with Gasteiger partial charge in [-0.1, -0.05) is 65.8 Å². The van der Waals surface area contributed by atoms with E-state index in [0.29, 0.717) is 18.5 Å². The Morgan fingerprint density at radius 1 is 0.973 bits per heavy atom. The molecule has 37 heavy (non-hydrogen) atoms. The van der Waals surface area contributed by atoms with Crippen LogP contribution >= 0.6 is 0 Å². The van der Waals surface area contributed by atoms with Crippen LogP contribution in [0.5, 0.6) is 0 Å². The smallest absolute Gasteiger partial charge is 0.269 e. The third-order valence-corrected chi connectivity index (χ3v) is 7.91. The monoisotopic (exact) mass is 519 g/mol. The molecule has 1 atom stereocenters. The maximum atomic E-state index is 13.2. The van der Waals surface area contributed by atoms with Crippen LogP contribution in [0.2, 0.25) is 0 Å². The maximum Gasteiger partial charge on any atom is 0.269 e. The molecule has 0 radical (unpaired) electrons. The average Bonchev–Trinajstić information content (AvgIpc) is 3.22. The van der Waals surface area contributed by atoms with E-state index in [9.17, 15) is 18.0 Å². The minimum atomic E-state index is -4.06. The first-order valence-corrected chi connectivity index (χ1v) is 13.5. The maximum absolute atomic E-state index is 13.2. The Kier molecular flexibility index (Phi) is 7.73. The Hall–Kier alpha value is -3.98. The van der Waals surface area contributed by atoms with Crippen molar-refractivity contribution in [2.75, 3.05) is 5.32 Å². The van der Waals surface area contributed by atoms with Crippen molar-refractivity contribution >= 4 is 38.3 Å². The number of nitrogens with zero attached hydrogens (tertiary/aromatic N) is 1. The van der Waals surface area contributed by atoms with Crippen LogP contribution in [0.1, 0.15) is 48.3 Å². The normalized spacial score (nSPS) is 12.3. The van der Waals surface area contributed by atoms with Gasteiger partial charge in [-0.05, 0) is 61.6 Å². The number of hydrogen-bond acceptors (Lipinski definition) is 6. The van der Waals surface area contributed by atoms with E-state index in [1.807, 2.05) is 73.7 Å². The Bertz CT molecular complexity index is 1530. The lowest BCUT2D eigenvalue weighted by atomic mass is 9.94. The van der Waals surface area contributed by atoms with Crippen LogP contribution in [0.15, 0.2) is 76.1 Å². The predicted octanol–water partition coefficient (Wildman–Crippen LogP) is 5.01. The Balaban J connectivity index is 1.39. The van der Waals surface area contributed by atoms with E-state index < -0.39 is 15.9 Å². The number of amides is 2. The second kappa shape index (κ2) is 11.0. The first kappa shape index (κ1) is 26.1. The van der Waals surface area contributed by atoms with Gasteiger partial charge in [-0.25, -0.2) is 13.1 Å². The molecule has 1 aromatic heterocycles. The van der Waals surface area contributed by atoms with Gasteiger partial charge < -0.3 is 9.84 Å². The highest BCUT2D eigenvalue weighted by Crippen LogP contribution is 2.27. The third kappa shape index (κ3) is 5.89. The van der Waals surface area contributed by atoms with Crippen LogP contribution < -0.4 is 10.0 Å². The van der Waals surface area contributed by atoms with E-state index in [1.54, 1.807) is 0 Å². The molecule has 0 saturated carbocycles. The van der Waals surface area contributed by atoms with Gasteiger partial charge in [0, 0.05) is 12.1 Å². The van der Waals surface area contributed by atoms with Gasteiger partial charge in [-0.3, -0.25) is 9.59 Å². The molecule has 1 heterocycles. The molecular formula is C28H29N3O5S. The molecule has 2 N–H and O–H groups in total. The van der Waals surface area contributed by atoms with Gasteiger partial charge in [0.1, 0.15) is 5.69 Å². The van der Waals surface area contributed by atoms with Crippen LogP contribution in [-0.4, -0.2) is 25.4 Å². The summed E-state index contributed by atoms with van der Waals surface area (Å²) in [6, 6.07) is 21.3. The lowest BCUT2D eigenvalue weighted by molar-refractivity contribution is -0.119. The fourth-order valence-corrected chi connectivity index (χ4v) is 5.77. The van der Waals surface area contributed by atoms with Crippen molar-refractivity contribution in [3.8, 4) is 0 Å². The lowest BCUT2D eigenvalue weighted by Crippen LogP contribution is -2.31. The number of nitrogens with one attached hydrogen (secondary N) is 2. The fourth-order valence-electron chi connectivity index (χ4n) is 4.42.